The average Bonchev–Trinajstić information content (AvgIpc) is 1.56. The number of nitrogens with one attached hydrogen (secondary N) is 13. The van der Waals surface area contributed by atoms with Crippen LogP contribution in [0.25, 0.3) is 0 Å². The van der Waals surface area contributed by atoms with E-state index < -0.39 is 206 Å². The molecule has 0 aromatic heterocycles. The number of carboxylic acids is 1. The fourth-order valence-corrected chi connectivity index (χ4v) is 11.0. The molecule has 1 aliphatic heterocycles. The zero-order valence-electron chi connectivity index (χ0n) is 60.5. The monoisotopic (exact) mass is 1460 g/mol. The Balaban J connectivity index is 2.53. The van der Waals surface area contributed by atoms with Crippen molar-refractivity contribution in [3.8, 4) is 0 Å². The number of likely N-dealkylation sites (tertiary alicyclic amines) is 1. The lowest BCUT2D eigenvalue weighted by Crippen LogP contribution is -2.62. The molecule has 0 aliphatic carbocycles. The number of rotatable bonds is 50. The van der Waals surface area contributed by atoms with Gasteiger partial charge in [0, 0.05) is 13.0 Å². The van der Waals surface area contributed by atoms with E-state index in [1.54, 1.807) is 58.0 Å². The first-order chi connectivity index (χ1) is 48.5. The smallest absolute Gasteiger partial charge is 0.328 e. The summed E-state index contributed by atoms with van der Waals surface area (Å²) in [7, 11) is 0. The molecule has 1 aliphatic rings. The van der Waals surface area contributed by atoms with Crippen LogP contribution in [-0.2, 0) is 68.7 Å². The Labute approximate surface area is 601 Å². The van der Waals surface area contributed by atoms with Crippen molar-refractivity contribution in [3.05, 3.63) is 35.9 Å². The number of aliphatic carboxylic acids is 1. The summed E-state index contributed by atoms with van der Waals surface area (Å²) in [5.41, 5.74) is 46.2. The van der Waals surface area contributed by atoms with Gasteiger partial charge in [-0.25, -0.2) is 4.79 Å². The number of primary amides is 1. The van der Waals surface area contributed by atoms with Gasteiger partial charge in [0.2, 0.25) is 70.9 Å². The highest BCUT2D eigenvalue weighted by molar-refractivity contribution is 6.00. The standard InChI is InChI=1S/C65H118N22O16/c1-9-35(7)49(60(100)82-44(31-88)56(96)84-48(34(5)6)58(98)83-45(32-89)62(102)103)85-53(93)40(22-16-26-76-65(72)73)78-55(95)42(30-47(67)90)79-54(94)41(29-37-18-12-11-13-19-37)80-59(99)50(36(8)10-2)86-57(97)46-23-17-27-87(46)61(101)43(28-33(3)4)81-52(92)39(21-15-25-75-64(70)71)77-51(91)38(66)20-14-24-74-63(68)69/h11-13,18-19,33-36,38-46,48-50,63-65,74-76,88-89H,9-10,14-17,20-32,66,68-73H2,1-8H3,(H2,67,90)(H,77,91)(H,78,95)(H,79,94)(H,80,99)(H,81,92)(H,82,100)(H,83,98)(H,84,96)(H,85,93)(H,86,97)(H,102,103)/t35-,36-,38-,39-,40-,41-,42-,43-,44-,45-,46-,48-,49-,50-/m0/s1. The van der Waals surface area contributed by atoms with Crippen molar-refractivity contribution in [3.63, 3.8) is 0 Å². The number of aliphatic hydroxyl groups is 2. The van der Waals surface area contributed by atoms with Crippen molar-refractivity contribution in [1.29, 1.82) is 0 Å². The maximum atomic E-state index is 14.8. The molecule has 1 fully saturated rings. The first kappa shape index (κ1) is 90.9. The summed E-state index contributed by atoms with van der Waals surface area (Å²) < 4.78 is 0. The van der Waals surface area contributed by atoms with Gasteiger partial charge in [-0.3, -0.25) is 73.5 Å². The number of nitrogens with zero attached hydrogens (tertiary/aromatic N) is 1. The number of hydrogen-bond donors (Lipinski definition) is 24. The second kappa shape index (κ2) is 47.3. The number of nitrogens with two attached hydrogens (primary N) is 8. The van der Waals surface area contributed by atoms with Crippen LogP contribution in [0.15, 0.2) is 30.3 Å². The van der Waals surface area contributed by atoms with Gasteiger partial charge in [0.15, 0.2) is 0 Å². The summed E-state index contributed by atoms with van der Waals surface area (Å²) in [5.74, 6) is -14.5. The van der Waals surface area contributed by atoms with Crippen LogP contribution in [0.3, 0.4) is 0 Å². The maximum Gasteiger partial charge on any atom is 0.328 e. The molecule has 14 atom stereocenters. The topological polar surface area (TPSA) is 650 Å². The van der Waals surface area contributed by atoms with Gasteiger partial charge < -0.3 is 119 Å². The highest BCUT2D eigenvalue weighted by Crippen LogP contribution is 2.23. The molecule has 0 bridgehead atoms. The summed E-state index contributed by atoms with van der Waals surface area (Å²) in [5, 5.41) is 63.1. The Kier molecular flexibility index (Phi) is 41.7. The first-order valence-corrected chi connectivity index (χ1v) is 35.1. The molecule has 0 radical (unpaired) electrons. The normalized spacial score (nSPS) is 16.8. The van der Waals surface area contributed by atoms with Gasteiger partial charge in [0.25, 0.3) is 0 Å². The van der Waals surface area contributed by atoms with Crippen LogP contribution in [-0.4, -0.2) is 228 Å². The van der Waals surface area contributed by atoms with E-state index in [-0.39, 0.29) is 76.9 Å². The first-order valence-electron chi connectivity index (χ1n) is 35.1. The number of benzene rings is 1. The van der Waals surface area contributed by atoms with Crippen LogP contribution >= 0.6 is 0 Å². The van der Waals surface area contributed by atoms with E-state index in [1.165, 1.54) is 18.7 Å². The van der Waals surface area contributed by atoms with Gasteiger partial charge in [-0.15, -0.1) is 0 Å². The molecule has 0 unspecified atom stereocenters. The third-order valence-corrected chi connectivity index (χ3v) is 17.3. The molecule has 103 heavy (non-hydrogen) atoms. The second-order valence-electron chi connectivity index (χ2n) is 26.8. The highest BCUT2D eigenvalue weighted by atomic mass is 16.4. The Bertz CT molecular complexity index is 2900. The molecule has 38 nitrogen and oxygen atoms in total. The predicted molar refractivity (Wildman–Crippen MR) is 379 cm³/mol. The third-order valence-electron chi connectivity index (χ3n) is 17.3. The van der Waals surface area contributed by atoms with E-state index >= 15 is 0 Å². The van der Waals surface area contributed by atoms with Crippen molar-refractivity contribution >= 4 is 76.9 Å². The van der Waals surface area contributed by atoms with Crippen molar-refractivity contribution in [1.82, 2.24) is 74.0 Å². The molecule has 1 saturated heterocycles. The quantitative estimate of drug-likeness (QED) is 0.0213. The van der Waals surface area contributed by atoms with Gasteiger partial charge in [-0.05, 0) is 107 Å². The Morgan fingerprint density at radius 3 is 1.37 bits per heavy atom. The number of aliphatic hydroxyl groups excluding tert-OH is 2. The van der Waals surface area contributed by atoms with Crippen LogP contribution in [0.5, 0.6) is 0 Å². The Morgan fingerprint density at radius 2 is 0.893 bits per heavy atom. The lowest BCUT2D eigenvalue weighted by atomic mass is 9.96. The predicted octanol–water partition coefficient (Wildman–Crippen LogP) is -8.15. The van der Waals surface area contributed by atoms with Crippen molar-refractivity contribution in [2.75, 3.05) is 39.4 Å². The lowest BCUT2D eigenvalue weighted by molar-refractivity contribution is -0.143. The van der Waals surface area contributed by atoms with Crippen LogP contribution in [0, 0.1) is 23.7 Å². The minimum Gasteiger partial charge on any atom is -0.480 e. The molecule has 584 valence electrons. The maximum absolute atomic E-state index is 14.8. The molecule has 1 heterocycles. The van der Waals surface area contributed by atoms with Crippen LogP contribution < -0.4 is 115 Å². The molecule has 1 aromatic carbocycles. The number of carboxylic acid groups (broad SMARTS) is 1. The molecule has 32 N–H and O–H groups in total. The fourth-order valence-electron chi connectivity index (χ4n) is 11.0. The number of carbonyl (C=O) groups is 13. The molecule has 38 heteroatoms. The minimum absolute atomic E-state index is 0.0852. The molecule has 0 saturated carbocycles. The molecule has 1 aromatic rings. The Hall–Kier alpha value is -8.15. The fraction of sp³-hybridized carbons (Fsp3) is 0.708. The van der Waals surface area contributed by atoms with Gasteiger partial charge in [-0.2, -0.15) is 0 Å². The SMILES string of the molecule is CC[C@H](C)[C@H](NC(=O)[C@H](CCCNC(N)N)NC(=O)[C@H](CC(N)=O)NC(=O)[C@H](Cc1ccccc1)NC(=O)[C@@H](NC(=O)[C@@H]1CCCN1C(=O)[C@H](CC(C)C)NC(=O)[C@H](CCCNC(N)N)NC(=O)[C@@H](N)CCCNC(N)N)[C@@H](C)CC)C(=O)N[C@@H](CO)C(=O)N[C@H](C(=O)N[C@@H](CO)C(=O)O)C(C)C. The van der Waals surface area contributed by atoms with E-state index in [4.69, 9.17) is 45.9 Å². The summed E-state index contributed by atoms with van der Waals surface area (Å²) in [6.45, 7) is 12.2. The molecular weight excluding hydrogens is 1340 g/mol. The highest BCUT2D eigenvalue weighted by Gasteiger charge is 2.42. The van der Waals surface area contributed by atoms with Crippen LogP contribution in [0.1, 0.15) is 138 Å². The van der Waals surface area contributed by atoms with Crippen LogP contribution in [0.2, 0.25) is 0 Å². The summed E-state index contributed by atoms with van der Waals surface area (Å²) in [6, 6.07) is -8.80. The zero-order valence-corrected chi connectivity index (χ0v) is 60.5. The Morgan fingerprint density at radius 1 is 0.485 bits per heavy atom. The largest absolute Gasteiger partial charge is 0.480 e. The molecular formula is C65H118N22O16. The second-order valence-corrected chi connectivity index (χ2v) is 26.8. The number of amides is 12. The summed E-state index contributed by atoms with van der Waals surface area (Å²) >= 11 is 0. The van der Waals surface area contributed by atoms with E-state index in [0.29, 0.717) is 37.8 Å². The molecule has 12 amide bonds. The average molecular weight is 1460 g/mol. The van der Waals surface area contributed by atoms with Gasteiger partial charge in [0.05, 0.1) is 25.7 Å². The van der Waals surface area contributed by atoms with Crippen molar-refractivity contribution < 1.29 is 77.6 Å². The van der Waals surface area contributed by atoms with E-state index in [2.05, 4.69) is 69.1 Å². The summed E-state index contributed by atoms with van der Waals surface area (Å²) in [6.07, 6.45) is -1.56. The third kappa shape index (κ3) is 33.0. The van der Waals surface area contributed by atoms with Gasteiger partial charge in [0.1, 0.15) is 85.3 Å². The summed E-state index contributed by atoms with van der Waals surface area (Å²) in [4.78, 5) is 182. The van der Waals surface area contributed by atoms with Gasteiger partial charge in [-0.1, -0.05) is 98.6 Å². The van der Waals surface area contributed by atoms with E-state index in [9.17, 15) is 77.6 Å². The lowest BCUT2D eigenvalue weighted by Gasteiger charge is -2.32. The zero-order chi connectivity index (χ0) is 77.8. The number of carbonyl (C=O) groups excluding carboxylic acids is 12. The molecule has 2 rings (SSSR count). The van der Waals surface area contributed by atoms with Crippen molar-refractivity contribution in [2.45, 2.75) is 230 Å². The molecule has 0 spiro atoms. The van der Waals surface area contributed by atoms with E-state index in [1.807, 2.05) is 13.8 Å². The van der Waals surface area contributed by atoms with Crippen LogP contribution in [0.4, 0.5) is 0 Å². The number of hydrogen-bond acceptors (Lipinski definition) is 25. The van der Waals surface area contributed by atoms with Gasteiger partial charge >= 0.3 is 5.97 Å². The van der Waals surface area contributed by atoms with E-state index in [0.717, 1.165) is 0 Å². The minimum atomic E-state index is -1.83. The van der Waals surface area contributed by atoms with Crippen molar-refractivity contribution in [2.24, 2.45) is 69.5 Å².